The van der Waals surface area contributed by atoms with Crippen molar-refractivity contribution in [3.8, 4) is 34.9 Å². The molecule has 0 atom stereocenters. The number of hydrogen-bond acceptors (Lipinski definition) is 9. The lowest BCUT2D eigenvalue weighted by Gasteiger charge is -2.08. The summed E-state index contributed by atoms with van der Waals surface area (Å²) in [6.45, 7) is 2.07. The number of benzene rings is 1. The molecule has 0 radical (unpaired) electrons. The first-order valence-electron chi connectivity index (χ1n) is 8.78. The van der Waals surface area contributed by atoms with E-state index in [2.05, 4.69) is 34.9 Å². The highest BCUT2D eigenvalue weighted by Crippen LogP contribution is 2.26. The van der Waals surface area contributed by atoms with Crippen molar-refractivity contribution in [3.05, 3.63) is 48.0 Å². The predicted octanol–water partition coefficient (Wildman–Crippen LogP) is 3.05. The first-order chi connectivity index (χ1) is 14.8. The number of nitrogens with zero attached hydrogens (tertiary/aromatic N) is 7. The zero-order valence-corrected chi connectivity index (χ0v) is 16.2. The number of aryl methyl sites for hydroxylation is 1. The van der Waals surface area contributed by atoms with Crippen LogP contribution >= 0.6 is 0 Å². The lowest BCUT2D eigenvalue weighted by atomic mass is 10.2. The summed E-state index contributed by atoms with van der Waals surface area (Å²) in [5.41, 5.74) is 1.10. The van der Waals surface area contributed by atoms with Crippen LogP contribution in [-0.4, -0.2) is 48.3 Å². The highest BCUT2D eigenvalue weighted by molar-refractivity contribution is 5.57. The molecular formula is C18H14F3N7O3. The summed E-state index contributed by atoms with van der Waals surface area (Å²) < 4.78 is 52.5. The average molecular weight is 433 g/mol. The van der Waals surface area contributed by atoms with Crippen LogP contribution in [0.2, 0.25) is 0 Å². The molecule has 3 aromatic heterocycles. The van der Waals surface area contributed by atoms with Gasteiger partial charge in [-0.2, -0.15) is 9.97 Å². The van der Waals surface area contributed by atoms with Crippen LogP contribution in [0.1, 0.15) is 11.5 Å². The summed E-state index contributed by atoms with van der Waals surface area (Å²) in [5, 5.41) is 8.19. The maximum absolute atomic E-state index is 12.3. The van der Waals surface area contributed by atoms with Gasteiger partial charge in [0.2, 0.25) is 11.6 Å². The molecule has 0 unspecified atom stereocenters. The Morgan fingerprint density at radius 3 is 2.52 bits per heavy atom. The Hall–Kier alpha value is -4.03. The number of aromatic nitrogens is 7. The van der Waals surface area contributed by atoms with Gasteiger partial charge in [0.05, 0.1) is 19.3 Å². The number of alkyl halides is 3. The summed E-state index contributed by atoms with van der Waals surface area (Å²) in [6, 6.07) is 7.05. The van der Waals surface area contributed by atoms with E-state index in [1.54, 1.807) is 23.9 Å². The normalized spacial score (nSPS) is 11.5. The Bertz CT molecular complexity index is 1190. The second-order valence-electron chi connectivity index (χ2n) is 6.17. The van der Waals surface area contributed by atoms with Crippen LogP contribution in [0.4, 0.5) is 13.2 Å². The van der Waals surface area contributed by atoms with E-state index < -0.39 is 6.36 Å². The Morgan fingerprint density at radius 1 is 1.03 bits per heavy atom. The zero-order valence-electron chi connectivity index (χ0n) is 16.2. The third kappa shape index (κ3) is 4.76. The Balaban J connectivity index is 1.52. The Kier molecular flexibility index (Phi) is 5.23. The van der Waals surface area contributed by atoms with Gasteiger partial charge in [-0.25, -0.2) is 14.6 Å². The number of ether oxygens (including phenoxy) is 2. The molecule has 0 aliphatic carbocycles. The molecule has 0 aliphatic heterocycles. The maximum Gasteiger partial charge on any atom is 0.573 e. The van der Waals surface area contributed by atoms with Gasteiger partial charge in [0.25, 0.3) is 5.89 Å². The van der Waals surface area contributed by atoms with Crippen LogP contribution in [0.25, 0.3) is 23.1 Å². The number of rotatable bonds is 6. The second kappa shape index (κ2) is 8.01. The second-order valence-corrected chi connectivity index (χ2v) is 6.17. The average Bonchev–Trinajstić information content (AvgIpc) is 3.35. The third-order valence-electron chi connectivity index (χ3n) is 4.01. The third-order valence-corrected chi connectivity index (χ3v) is 4.01. The summed E-state index contributed by atoms with van der Waals surface area (Å²) in [6.07, 6.45) is -3.19. The van der Waals surface area contributed by atoms with Crippen LogP contribution in [0.15, 0.2) is 41.1 Å². The van der Waals surface area contributed by atoms with Crippen molar-refractivity contribution in [2.24, 2.45) is 0 Å². The van der Waals surface area contributed by atoms with Gasteiger partial charge in [0, 0.05) is 11.8 Å². The Labute approximate surface area is 172 Å². The molecule has 160 valence electrons. The van der Waals surface area contributed by atoms with Crippen molar-refractivity contribution in [2.75, 3.05) is 7.11 Å². The number of hydrogen-bond donors (Lipinski definition) is 0. The lowest BCUT2D eigenvalue weighted by molar-refractivity contribution is -0.274. The quantitative estimate of drug-likeness (QED) is 0.453. The molecular weight excluding hydrogens is 419 g/mol. The molecule has 1 aromatic carbocycles. The van der Waals surface area contributed by atoms with Crippen LogP contribution < -0.4 is 9.47 Å². The minimum absolute atomic E-state index is 0.0627. The monoisotopic (exact) mass is 433 g/mol. The fraction of sp³-hybridized carbons (Fsp3) is 0.222. The van der Waals surface area contributed by atoms with Crippen LogP contribution in [0.5, 0.6) is 11.8 Å². The van der Waals surface area contributed by atoms with Gasteiger partial charge in [-0.3, -0.25) is 0 Å². The van der Waals surface area contributed by atoms with E-state index in [1.165, 1.54) is 19.2 Å². The molecule has 3 heterocycles. The number of methoxy groups -OCH3 is 1. The Morgan fingerprint density at radius 2 is 1.81 bits per heavy atom. The number of halogens is 3. The molecule has 0 aliphatic rings. The maximum atomic E-state index is 12.3. The molecule has 0 bridgehead atoms. The molecule has 10 nitrogen and oxygen atoms in total. The molecule has 0 fully saturated rings. The molecule has 0 amide bonds. The topological polar surface area (TPSA) is 114 Å². The first-order valence-corrected chi connectivity index (χ1v) is 8.78. The largest absolute Gasteiger partial charge is 0.573 e. The van der Waals surface area contributed by atoms with Gasteiger partial charge in [-0.1, -0.05) is 5.16 Å². The first kappa shape index (κ1) is 20.3. The van der Waals surface area contributed by atoms with Gasteiger partial charge >= 0.3 is 12.4 Å². The van der Waals surface area contributed by atoms with Crippen molar-refractivity contribution in [1.82, 2.24) is 34.9 Å². The zero-order chi connectivity index (χ0) is 22.0. The molecule has 0 saturated carbocycles. The molecule has 4 rings (SSSR count). The van der Waals surface area contributed by atoms with E-state index in [4.69, 9.17) is 9.26 Å². The van der Waals surface area contributed by atoms with Crippen molar-refractivity contribution >= 4 is 0 Å². The molecule has 0 spiro atoms. The van der Waals surface area contributed by atoms with Crippen LogP contribution in [-0.2, 0) is 6.54 Å². The highest BCUT2D eigenvalue weighted by atomic mass is 19.4. The van der Waals surface area contributed by atoms with Crippen LogP contribution in [0.3, 0.4) is 0 Å². The van der Waals surface area contributed by atoms with Gasteiger partial charge in [0.15, 0.2) is 0 Å². The van der Waals surface area contributed by atoms with Crippen molar-refractivity contribution < 1.29 is 27.2 Å². The van der Waals surface area contributed by atoms with Gasteiger partial charge in [0.1, 0.15) is 11.6 Å². The standard InChI is InChI=1S/C18H14F3N7O3/c1-10-23-15(26-28(10)9-12-7-8-22-17(24-12)29-2)16-25-14(27-31-16)11-3-5-13(6-4-11)30-18(19,20)21/h3-8H,9H2,1-2H3. The molecule has 13 heteroatoms. The SMILES string of the molecule is COc1nccc(Cn2nc(-c3nc(-c4ccc(OC(F)(F)F)cc4)no3)nc2C)n1. The summed E-state index contributed by atoms with van der Waals surface area (Å²) in [5.74, 6) is 0.670. The van der Waals surface area contributed by atoms with E-state index >= 15 is 0 Å². The summed E-state index contributed by atoms with van der Waals surface area (Å²) in [7, 11) is 1.47. The van der Waals surface area contributed by atoms with E-state index in [0.29, 0.717) is 23.6 Å². The van der Waals surface area contributed by atoms with Gasteiger partial charge < -0.3 is 14.0 Å². The van der Waals surface area contributed by atoms with E-state index in [9.17, 15) is 13.2 Å². The van der Waals surface area contributed by atoms with Gasteiger partial charge in [-0.05, 0) is 37.3 Å². The van der Waals surface area contributed by atoms with Crippen molar-refractivity contribution in [1.29, 1.82) is 0 Å². The van der Waals surface area contributed by atoms with Crippen molar-refractivity contribution in [3.63, 3.8) is 0 Å². The minimum atomic E-state index is -4.76. The summed E-state index contributed by atoms with van der Waals surface area (Å²) >= 11 is 0. The summed E-state index contributed by atoms with van der Waals surface area (Å²) in [4.78, 5) is 16.7. The fourth-order valence-corrected chi connectivity index (χ4v) is 2.61. The lowest BCUT2D eigenvalue weighted by Crippen LogP contribution is -2.16. The molecule has 0 saturated heterocycles. The fourth-order valence-electron chi connectivity index (χ4n) is 2.61. The smallest absolute Gasteiger partial charge is 0.467 e. The van der Waals surface area contributed by atoms with Gasteiger partial charge in [-0.15, -0.1) is 18.3 Å². The van der Waals surface area contributed by atoms with Crippen LogP contribution in [0, 0.1) is 6.92 Å². The van der Waals surface area contributed by atoms with Crippen molar-refractivity contribution in [2.45, 2.75) is 19.8 Å². The van der Waals surface area contributed by atoms with E-state index in [1.807, 2.05) is 0 Å². The minimum Gasteiger partial charge on any atom is -0.467 e. The molecule has 0 N–H and O–H groups in total. The van der Waals surface area contributed by atoms with E-state index in [-0.39, 0.29) is 29.3 Å². The van der Waals surface area contributed by atoms with E-state index in [0.717, 1.165) is 12.1 Å². The highest BCUT2D eigenvalue weighted by Gasteiger charge is 2.31. The molecule has 31 heavy (non-hydrogen) atoms. The molecule has 4 aromatic rings. The predicted molar refractivity (Wildman–Crippen MR) is 97.9 cm³/mol.